The van der Waals surface area contributed by atoms with Crippen LogP contribution < -0.4 is 11.1 Å². The van der Waals surface area contributed by atoms with E-state index < -0.39 is 0 Å². The van der Waals surface area contributed by atoms with E-state index in [4.69, 9.17) is 5.73 Å². The molecule has 1 heterocycles. The second-order valence-corrected chi connectivity index (χ2v) is 5.32. The second kappa shape index (κ2) is 5.48. The van der Waals surface area contributed by atoms with E-state index in [9.17, 15) is 0 Å². The van der Waals surface area contributed by atoms with Gasteiger partial charge in [-0.1, -0.05) is 15.9 Å². The van der Waals surface area contributed by atoms with Gasteiger partial charge >= 0.3 is 0 Å². The number of hydrogen-bond acceptors (Lipinski definition) is 3. The molecule has 0 amide bonds. The molecule has 4 heteroatoms. The van der Waals surface area contributed by atoms with E-state index in [1.54, 1.807) is 11.3 Å². The number of nitrogen functional groups attached to an aromatic ring is 1. The van der Waals surface area contributed by atoms with Gasteiger partial charge < -0.3 is 11.1 Å². The minimum atomic E-state index is 0.793. The molecular formula is C12H13BrN2S. The summed E-state index contributed by atoms with van der Waals surface area (Å²) in [5.74, 6) is 0. The van der Waals surface area contributed by atoms with E-state index in [0.29, 0.717) is 0 Å². The van der Waals surface area contributed by atoms with Crippen LogP contribution in [0.25, 0.3) is 0 Å². The lowest BCUT2D eigenvalue weighted by Gasteiger charge is -2.05. The number of thiophene rings is 1. The molecule has 2 nitrogen and oxygen atoms in total. The van der Waals surface area contributed by atoms with Crippen LogP contribution in [0.15, 0.2) is 39.5 Å². The Bertz CT molecular complexity index is 434. The molecule has 0 aliphatic heterocycles. The summed E-state index contributed by atoms with van der Waals surface area (Å²) in [5, 5.41) is 7.64. The highest BCUT2D eigenvalue weighted by Gasteiger charge is 1.97. The minimum Gasteiger partial charge on any atom is -0.399 e. The van der Waals surface area contributed by atoms with Crippen LogP contribution in [-0.2, 0) is 13.1 Å². The maximum absolute atomic E-state index is 5.77. The van der Waals surface area contributed by atoms with Crippen molar-refractivity contribution in [2.24, 2.45) is 0 Å². The van der Waals surface area contributed by atoms with Gasteiger partial charge in [-0.25, -0.2) is 0 Å². The van der Waals surface area contributed by atoms with Gasteiger partial charge in [0.15, 0.2) is 0 Å². The normalized spacial score (nSPS) is 10.6. The summed E-state index contributed by atoms with van der Waals surface area (Å²) < 4.78 is 1.03. The summed E-state index contributed by atoms with van der Waals surface area (Å²) in [5.41, 5.74) is 9.09. The first-order valence-corrected chi connectivity index (χ1v) is 6.74. The zero-order valence-electron chi connectivity index (χ0n) is 8.74. The van der Waals surface area contributed by atoms with Crippen LogP contribution in [0.3, 0.4) is 0 Å². The van der Waals surface area contributed by atoms with E-state index in [-0.39, 0.29) is 0 Å². The van der Waals surface area contributed by atoms with Gasteiger partial charge in [0.2, 0.25) is 0 Å². The molecule has 0 bridgehead atoms. The standard InChI is InChI=1S/C12H13BrN2S/c13-11-3-10(4-12(14)5-11)7-15-6-9-1-2-16-8-9/h1-5,8,15H,6-7,14H2. The highest BCUT2D eigenvalue weighted by molar-refractivity contribution is 9.10. The lowest BCUT2D eigenvalue weighted by Crippen LogP contribution is -2.12. The largest absolute Gasteiger partial charge is 0.399 e. The lowest BCUT2D eigenvalue weighted by molar-refractivity contribution is 0.695. The Kier molecular flexibility index (Phi) is 3.98. The van der Waals surface area contributed by atoms with Crippen molar-refractivity contribution in [1.82, 2.24) is 5.32 Å². The average molecular weight is 297 g/mol. The third kappa shape index (κ3) is 3.33. The van der Waals surface area contributed by atoms with Crippen LogP contribution >= 0.6 is 27.3 Å². The van der Waals surface area contributed by atoms with Crippen molar-refractivity contribution in [3.05, 3.63) is 50.6 Å². The molecule has 0 fully saturated rings. The number of benzene rings is 1. The minimum absolute atomic E-state index is 0.793. The average Bonchev–Trinajstić information content (AvgIpc) is 2.69. The molecule has 0 saturated carbocycles. The van der Waals surface area contributed by atoms with Gasteiger partial charge in [-0.2, -0.15) is 11.3 Å². The van der Waals surface area contributed by atoms with Crippen LogP contribution in [0.4, 0.5) is 5.69 Å². The second-order valence-electron chi connectivity index (χ2n) is 3.63. The van der Waals surface area contributed by atoms with Gasteiger partial charge in [0.25, 0.3) is 0 Å². The first-order valence-electron chi connectivity index (χ1n) is 5.01. The lowest BCUT2D eigenvalue weighted by atomic mass is 10.2. The van der Waals surface area contributed by atoms with E-state index in [0.717, 1.165) is 23.2 Å². The Labute approximate surface area is 108 Å². The van der Waals surface area contributed by atoms with Crippen LogP contribution in [0.1, 0.15) is 11.1 Å². The van der Waals surface area contributed by atoms with Gasteiger partial charge in [0, 0.05) is 23.2 Å². The molecule has 0 spiro atoms. The molecule has 1 aromatic carbocycles. The van der Waals surface area contributed by atoms with Crippen LogP contribution in [0.5, 0.6) is 0 Å². The predicted molar refractivity (Wildman–Crippen MR) is 73.4 cm³/mol. The van der Waals surface area contributed by atoms with Gasteiger partial charge in [-0.05, 0) is 46.2 Å². The third-order valence-corrected chi connectivity index (χ3v) is 3.41. The number of anilines is 1. The Hall–Kier alpha value is -0.840. The molecule has 2 aromatic rings. The van der Waals surface area contributed by atoms with E-state index in [1.807, 2.05) is 12.1 Å². The fraction of sp³-hybridized carbons (Fsp3) is 0.167. The fourth-order valence-electron chi connectivity index (χ4n) is 1.52. The molecule has 0 atom stereocenters. The summed E-state index contributed by atoms with van der Waals surface area (Å²) in [6, 6.07) is 8.11. The van der Waals surface area contributed by atoms with Gasteiger partial charge in [0.05, 0.1) is 0 Å². The summed E-state index contributed by atoms with van der Waals surface area (Å²) in [6.45, 7) is 1.73. The van der Waals surface area contributed by atoms with Gasteiger partial charge in [0.1, 0.15) is 0 Å². The maximum Gasteiger partial charge on any atom is 0.0328 e. The topological polar surface area (TPSA) is 38.0 Å². The first kappa shape index (κ1) is 11.6. The molecule has 84 valence electrons. The summed E-state index contributed by atoms with van der Waals surface area (Å²) in [7, 11) is 0. The first-order chi connectivity index (χ1) is 7.74. The summed E-state index contributed by atoms with van der Waals surface area (Å²) in [4.78, 5) is 0. The van der Waals surface area contributed by atoms with E-state index in [2.05, 4.69) is 44.1 Å². The third-order valence-electron chi connectivity index (χ3n) is 2.22. The van der Waals surface area contributed by atoms with Gasteiger partial charge in [-0.15, -0.1) is 0 Å². The number of rotatable bonds is 4. The zero-order valence-corrected chi connectivity index (χ0v) is 11.1. The Morgan fingerprint density at radius 2 is 2.00 bits per heavy atom. The number of nitrogens with two attached hydrogens (primary N) is 1. The number of nitrogens with one attached hydrogen (secondary N) is 1. The van der Waals surface area contributed by atoms with Crippen LogP contribution in [0, 0.1) is 0 Å². The van der Waals surface area contributed by atoms with Crippen molar-refractivity contribution < 1.29 is 0 Å². The summed E-state index contributed by atoms with van der Waals surface area (Å²) >= 11 is 5.16. The quantitative estimate of drug-likeness (QED) is 0.849. The van der Waals surface area contributed by atoms with Crippen molar-refractivity contribution in [1.29, 1.82) is 0 Å². The number of halogens is 1. The zero-order chi connectivity index (χ0) is 11.4. The molecule has 2 rings (SSSR count). The molecule has 0 saturated heterocycles. The molecular weight excluding hydrogens is 284 g/mol. The van der Waals surface area contributed by atoms with Crippen molar-refractivity contribution in [3.8, 4) is 0 Å². The highest BCUT2D eigenvalue weighted by atomic mass is 79.9. The Morgan fingerprint density at radius 3 is 2.69 bits per heavy atom. The van der Waals surface area contributed by atoms with Gasteiger partial charge in [-0.3, -0.25) is 0 Å². The Balaban J connectivity index is 1.89. The molecule has 1 aromatic heterocycles. The fourth-order valence-corrected chi connectivity index (χ4v) is 2.75. The molecule has 0 radical (unpaired) electrons. The molecule has 0 unspecified atom stereocenters. The van der Waals surface area contributed by atoms with Crippen molar-refractivity contribution >= 4 is 33.0 Å². The molecule has 0 aliphatic rings. The van der Waals surface area contributed by atoms with E-state index in [1.165, 1.54) is 11.1 Å². The predicted octanol–water partition coefficient (Wildman–Crippen LogP) is 3.38. The monoisotopic (exact) mass is 296 g/mol. The highest BCUT2D eigenvalue weighted by Crippen LogP contribution is 2.17. The molecule has 3 N–H and O–H groups in total. The Morgan fingerprint density at radius 1 is 1.19 bits per heavy atom. The SMILES string of the molecule is Nc1cc(Br)cc(CNCc2ccsc2)c1. The number of hydrogen-bond donors (Lipinski definition) is 2. The maximum atomic E-state index is 5.77. The van der Waals surface area contributed by atoms with Crippen molar-refractivity contribution in [3.63, 3.8) is 0 Å². The van der Waals surface area contributed by atoms with Crippen LogP contribution in [-0.4, -0.2) is 0 Å². The van der Waals surface area contributed by atoms with Crippen LogP contribution in [0.2, 0.25) is 0 Å². The molecule has 0 aliphatic carbocycles. The molecule has 16 heavy (non-hydrogen) atoms. The summed E-state index contributed by atoms with van der Waals surface area (Å²) in [6.07, 6.45) is 0. The van der Waals surface area contributed by atoms with E-state index >= 15 is 0 Å². The van der Waals surface area contributed by atoms with Crippen molar-refractivity contribution in [2.75, 3.05) is 5.73 Å². The smallest absolute Gasteiger partial charge is 0.0328 e. The van der Waals surface area contributed by atoms with Crippen molar-refractivity contribution in [2.45, 2.75) is 13.1 Å².